The number of carboxylic acid groups (broad SMARTS) is 2. The molecule has 1 saturated carbocycles. The monoisotopic (exact) mass is 582 g/mol. The summed E-state index contributed by atoms with van der Waals surface area (Å²) in [4.78, 5) is 54.2. The van der Waals surface area contributed by atoms with E-state index in [1.165, 1.54) is 16.8 Å². The van der Waals surface area contributed by atoms with Crippen molar-refractivity contribution < 1.29 is 29.4 Å². The molecule has 1 aliphatic carbocycles. The number of fused-ring (bicyclic) bond motifs is 2. The minimum Gasteiger partial charge on any atom is -0.481 e. The van der Waals surface area contributed by atoms with Crippen LogP contribution >= 0.6 is 0 Å². The molecule has 3 aromatic carbocycles. The maximum absolute atomic E-state index is 13.2. The molecule has 3 aromatic rings. The fraction of sp³-hybridized carbons (Fsp3) is 0.333. The average Bonchev–Trinajstić information content (AvgIpc) is 3.56. The molecule has 3 aliphatic rings. The van der Waals surface area contributed by atoms with Crippen LogP contribution in [0.15, 0.2) is 60.7 Å². The van der Waals surface area contributed by atoms with Crippen molar-refractivity contribution >= 4 is 52.2 Å². The summed E-state index contributed by atoms with van der Waals surface area (Å²) in [6, 6.07) is 20.6. The highest BCUT2D eigenvalue weighted by molar-refractivity contribution is 6.04. The molecule has 222 valence electrons. The van der Waals surface area contributed by atoms with Crippen LogP contribution in [0.5, 0.6) is 0 Å². The Morgan fingerprint density at radius 1 is 0.744 bits per heavy atom. The van der Waals surface area contributed by atoms with Crippen LogP contribution in [0.3, 0.4) is 0 Å². The predicted octanol–water partition coefficient (Wildman–Crippen LogP) is 4.11. The molecule has 1 fully saturated rings. The van der Waals surface area contributed by atoms with E-state index in [2.05, 4.69) is 69.8 Å². The van der Waals surface area contributed by atoms with E-state index >= 15 is 0 Å². The van der Waals surface area contributed by atoms with Crippen molar-refractivity contribution in [2.75, 3.05) is 34.8 Å². The van der Waals surface area contributed by atoms with E-state index in [9.17, 15) is 29.4 Å². The van der Waals surface area contributed by atoms with Gasteiger partial charge in [-0.25, -0.2) is 0 Å². The van der Waals surface area contributed by atoms with Crippen LogP contribution in [-0.4, -0.2) is 53.6 Å². The van der Waals surface area contributed by atoms with Crippen molar-refractivity contribution in [3.63, 3.8) is 0 Å². The summed E-state index contributed by atoms with van der Waals surface area (Å²) < 4.78 is 0. The van der Waals surface area contributed by atoms with E-state index < -0.39 is 47.4 Å². The fourth-order valence-electron chi connectivity index (χ4n) is 6.91. The normalized spacial score (nSPS) is 21.9. The lowest BCUT2D eigenvalue weighted by Crippen LogP contribution is -2.62. The third-order valence-corrected chi connectivity index (χ3v) is 8.90. The molecule has 2 unspecified atom stereocenters. The van der Waals surface area contributed by atoms with Gasteiger partial charge in [-0.05, 0) is 80.3 Å². The van der Waals surface area contributed by atoms with Crippen LogP contribution in [0.2, 0.25) is 0 Å². The molecule has 0 bridgehead atoms. The van der Waals surface area contributed by atoms with Crippen molar-refractivity contribution in [3.8, 4) is 0 Å². The number of nitrogens with zero attached hydrogens (tertiary/aromatic N) is 2. The third kappa shape index (κ3) is 4.96. The molecule has 4 N–H and O–H groups in total. The summed E-state index contributed by atoms with van der Waals surface area (Å²) in [5.41, 5.74) is 8.54. The molecular weight excluding hydrogens is 548 g/mol. The number of benzene rings is 3. The number of carboxylic acids is 2. The number of nitrogens with one attached hydrogen (secondary N) is 2. The standard InChI is InChI=1S/C33H34N4O6/c1-3-34-30(38)26-28(32(40)41)27(29(26)33(42)43)31(39)35-21-8-10-25-20(16-21)12-14-37(25)23-6-4-5-22(17-23)36-13-11-19-15-18(2)7-9-24(19)36/h4-10,15-17,26-29H,3,11-14H2,1-2H3,(H,34,38)(H,35,39)(H,40,41)(H,42,43). The van der Waals surface area contributed by atoms with Crippen LogP contribution in [0.4, 0.5) is 28.4 Å². The lowest BCUT2D eigenvalue weighted by molar-refractivity contribution is -0.179. The molecule has 2 amide bonds. The van der Waals surface area contributed by atoms with Crippen LogP contribution in [0, 0.1) is 30.6 Å². The first-order valence-corrected chi connectivity index (χ1v) is 14.6. The number of hydrogen-bond acceptors (Lipinski definition) is 6. The van der Waals surface area contributed by atoms with Gasteiger partial charge < -0.3 is 30.6 Å². The van der Waals surface area contributed by atoms with Crippen LogP contribution in [-0.2, 0) is 32.0 Å². The molecule has 0 radical (unpaired) electrons. The molecule has 2 heterocycles. The van der Waals surface area contributed by atoms with Crippen LogP contribution in [0.25, 0.3) is 0 Å². The van der Waals surface area contributed by atoms with E-state index in [1.807, 2.05) is 12.1 Å². The zero-order valence-corrected chi connectivity index (χ0v) is 24.0. The summed E-state index contributed by atoms with van der Waals surface area (Å²) >= 11 is 0. The van der Waals surface area contributed by atoms with Gasteiger partial charge in [0.1, 0.15) is 0 Å². The quantitative estimate of drug-likeness (QED) is 0.311. The van der Waals surface area contributed by atoms with E-state index in [4.69, 9.17) is 0 Å². The lowest BCUT2D eigenvalue weighted by Gasteiger charge is -2.45. The Bertz CT molecular complexity index is 1620. The molecule has 0 saturated heterocycles. The third-order valence-electron chi connectivity index (χ3n) is 8.90. The van der Waals surface area contributed by atoms with Crippen LogP contribution < -0.4 is 20.4 Å². The first-order chi connectivity index (χ1) is 20.7. The molecule has 2 atom stereocenters. The Hall–Kier alpha value is -4.86. The van der Waals surface area contributed by atoms with E-state index in [-0.39, 0.29) is 6.54 Å². The number of aryl methyl sites for hydroxylation is 1. The van der Waals surface area contributed by atoms with Crippen molar-refractivity contribution in [2.24, 2.45) is 23.7 Å². The van der Waals surface area contributed by atoms with Gasteiger partial charge in [-0.2, -0.15) is 0 Å². The van der Waals surface area contributed by atoms with Gasteiger partial charge in [0.15, 0.2) is 0 Å². The Labute approximate surface area is 249 Å². The molecule has 6 rings (SSSR count). The number of amides is 2. The largest absolute Gasteiger partial charge is 0.481 e. The number of hydrogen-bond donors (Lipinski definition) is 4. The van der Waals surface area contributed by atoms with Crippen molar-refractivity contribution in [2.45, 2.75) is 26.7 Å². The second-order valence-corrected chi connectivity index (χ2v) is 11.5. The van der Waals surface area contributed by atoms with Crippen molar-refractivity contribution in [1.82, 2.24) is 5.32 Å². The number of carbonyl (C=O) groups is 4. The second kappa shape index (κ2) is 11.1. The Balaban J connectivity index is 1.19. The van der Waals surface area contributed by atoms with Gasteiger partial charge in [-0.15, -0.1) is 0 Å². The summed E-state index contributed by atoms with van der Waals surface area (Å²) in [5, 5.41) is 24.7. The molecular formula is C33H34N4O6. The first-order valence-electron chi connectivity index (χ1n) is 14.6. The van der Waals surface area contributed by atoms with E-state index in [1.54, 1.807) is 13.0 Å². The highest BCUT2D eigenvalue weighted by Crippen LogP contribution is 2.48. The fourth-order valence-corrected chi connectivity index (χ4v) is 6.91. The minimum absolute atomic E-state index is 0.229. The van der Waals surface area contributed by atoms with Crippen molar-refractivity contribution in [1.29, 1.82) is 0 Å². The first kappa shape index (κ1) is 28.3. The average molecular weight is 583 g/mol. The van der Waals surface area contributed by atoms with Crippen LogP contribution in [0.1, 0.15) is 23.6 Å². The van der Waals surface area contributed by atoms with E-state index in [0.717, 1.165) is 48.6 Å². The number of carbonyl (C=O) groups excluding carboxylic acids is 2. The molecule has 43 heavy (non-hydrogen) atoms. The van der Waals surface area contributed by atoms with Gasteiger partial charge in [0, 0.05) is 48.1 Å². The van der Waals surface area contributed by atoms with Crippen molar-refractivity contribution in [3.05, 3.63) is 77.4 Å². The van der Waals surface area contributed by atoms with E-state index in [0.29, 0.717) is 5.69 Å². The van der Waals surface area contributed by atoms with Gasteiger partial charge in [-0.1, -0.05) is 23.8 Å². The summed E-state index contributed by atoms with van der Waals surface area (Å²) in [7, 11) is 0. The van der Waals surface area contributed by atoms with Gasteiger partial charge in [0.05, 0.1) is 23.7 Å². The maximum Gasteiger partial charge on any atom is 0.308 e. The van der Waals surface area contributed by atoms with Gasteiger partial charge in [0.25, 0.3) is 0 Å². The predicted molar refractivity (Wildman–Crippen MR) is 162 cm³/mol. The molecule has 10 nitrogen and oxygen atoms in total. The van der Waals surface area contributed by atoms with Gasteiger partial charge in [0.2, 0.25) is 11.8 Å². The molecule has 0 aromatic heterocycles. The van der Waals surface area contributed by atoms with Gasteiger partial charge >= 0.3 is 11.9 Å². The molecule has 10 heteroatoms. The summed E-state index contributed by atoms with van der Waals surface area (Å²) in [6.07, 6.45) is 1.75. The summed E-state index contributed by atoms with van der Waals surface area (Å²) in [6.45, 7) is 5.68. The highest BCUT2D eigenvalue weighted by Gasteiger charge is 2.63. The molecule has 2 aliphatic heterocycles. The SMILES string of the molecule is CCNC(=O)C1C(C(=O)O)C(C(=O)Nc2ccc3c(c2)CCN3c2cccc(N3CCc4cc(C)ccc43)c2)C1C(=O)O. The zero-order valence-electron chi connectivity index (χ0n) is 24.0. The topological polar surface area (TPSA) is 139 Å². The summed E-state index contributed by atoms with van der Waals surface area (Å²) in [5.74, 6) is -9.64. The van der Waals surface area contributed by atoms with Gasteiger partial charge in [-0.3, -0.25) is 19.2 Å². The maximum atomic E-state index is 13.2. The Kier molecular flexibility index (Phi) is 7.29. The zero-order chi connectivity index (χ0) is 30.4. The highest BCUT2D eigenvalue weighted by atomic mass is 16.4. The second-order valence-electron chi connectivity index (χ2n) is 11.5. The lowest BCUT2D eigenvalue weighted by atomic mass is 9.55. The minimum atomic E-state index is -1.42. The number of aliphatic carboxylic acids is 2. The smallest absolute Gasteiger partial charge is 0.308 e. The number of rotatable bonds is 8. The Morgan fingerprint density at radius 3 is 1.88 bits per heavy atom. The number of anilines is 5. The molecule has 0 spiro atoms. The Morgan fingerprint density at radius 2 is 1.30 bits per heavy atom.